The molecule has 0 bridgehead atoms. The fourth-order valence-electron chi connectivity index (χ4n) is 6.79. The summed E-state index contributed by atoms with van der Waals surface area (Å²) in [5.74, 6) is -2.13. The molecule has 4 aliphatic heterocycles. The third-order valence-corrected chi connectivity index (χ3v) is 8.34. The van der Waals surface area contributed by atoms with Gasteiger partial charge in [0.05, 0.1) is 30.1 Å². The number of amides is 3. The first-order chi connectivity index (χ1) is 17.6. The SMILES string of the molecule is CC(C)C[C@H](CO)N1C(=O)[C@@H]2[C@@H]3C(=O)N(C)CC=C[C@]3(C)O[C@@]23C=CCN(Cc2ccccc2)C(=O)C13. The van der Waals surface area contributed by atoms with Crippen LogP contribution in [0.3, 0.4) is 0 Å². The van der Waals surface area contributed by atoms with Crippen LogP contribution in [0.2, 0.25) is 0 Å². The lowest BCUT2D eigenvalue weighted by atomic mass is 9.74. The maximum atomic E-state index is 14.4. The molecule has 2 fully saturated rings. The van der Waals surface area contributed by atoms with Gasteiger partial charge in [0, 0.05) is 26.7 Å². The smallest absolute Gasteiger partial charge is 0.249 e. The molecule has 4 aliphatic rings. The Morgan fingerprint density at radius 1 is 1.00 bits per heavy atom. The van der Waals surface area contributed by atoms with Crippen molar-refractivity contribution in [3.05, 3.63) is 60.2 Å². The molecule has 1 N–H and O–H groups in total. The van der Waals surface area contributed by atoms with Gasteiger partial charge in [0.15, 0.2) is 0 Å². The average Bonchev–Trinajstić information content (AvgIpc) is 3.15. The second kappa shape index (κ2) is 9.40. The minimum Gasteiger partial charge on any atom is -0.394 e. The molecule has 1 aromatic carbocycles. The lowest BCUT2D eigenvalue weighted by Crippen LogP contribution is -2.58. The van der Waals surface area contributed by atoms with Gasteiger partial charge >= 0.3 is 0 Å². The highest BCUT2D eigenvalue weighted by Crippen LogP contribution is 2.58. The fourth-order valence-corrected chi connectivity index (χ4v) is 6.79. The number of ether oxygens (including phenoxy) is 1. The number of carbonyl (C=O) groups excluding carboxylic acids is 3. The van der Waals surface area contributed by atoms with E-state index in [2.05, 4.69) is 0 Å². The van der Waals surface area contributed by atoms with Crippen LogP contribution in [0.25, 0.3) is 0 Å². The lowest BCUT2D eigenvalue weighted by Gasteiger charge is -2.40. The number of likely N-dealkylation sites (tertiary alicyclic amines) is 1. The van der Waals surface area contributed by atoms with Crippen molar-refractivity contribution in [2.75, 3.05) is 26.7 Å². The first-order valence-corrected chi connectivity index (χ1v) is 13.2. The van der Waals surface area contributed by atoms with Gasteiger partial charge in [-0.25, -0.2) is 0 Å². The number of aliphatic hydroxyl groups excluding tert-OH is 1. The van der Waals surface area contributed by atoms with Crippen molar-refractivity contribution in [3.8, 4) is 0 Å². The largest absolute Gasteiger partial charge is 0.394 e. The summed E-state index contributed by atoms with van der Waals surface area (Å²) in [6.45, 7) is 6.81. The number of hydrogen-bond acceptors (Lipinski definition) is 5. The van der Waals surface area contributed by atoms with Crippen molar-refractivity contribution in [2.45, 2.75) is 57.0 Å². The highest BCUT2D eigenvalue weighted by molar-refractivity contribution is 6.00. The molecule has 6 atom stereocenters. The van der Waals surface area contributed by atoms with Crippen LogP contribution in [0.4, 0.5) is 0 Å². The zero-order valence-corrected chi connectivity index (χ0v) is 22.0. The Morgan fingerprint density at radius 3 is 2.38 bits per heavy atom. The van der Waals surface area contributed by atoms with Crippen LogP contribution in [-0.4, -0.2) is 87.6 Å². The molecule has 198 valence electrons. The molecule has 0 aliphatic carbocycles. The van der Waals surface area contributed by atoms with E-state index in [1.165, 1.54) is 0 Å². The topological polar surface area (TPSA) is 90.4 Å². The Morgan fingerprint density at radius 2 is 1.70 bits per heavy atom. The molecule has 1 aromatic rings. The molecule has 5 rings (SSSR count). The molecule has 8 heteroatoms. The van der Waals surface area contributed by atoms with Crippen LogP contribution in [0, 0.1) is 17.8 Å². The van der Waals surface area contributed by atoms with E-state index < -0.39 is 35.1 Å². The van der Waals surface area contributed by atoms with Gasteiger partial charge in [-0.15, -0.1) is 0 Å². The van der Waals surface area contributed by atoms with Crippen molar-refractivity contribution in [2.24, 2.45) is 17.8 Å². The summed E-state index contributed by atoms with van der Waals surface area (Å²) >= 11 is 0. The number of hydrogen-bond donors (Lipinski definition) is 1. The zero-order chi connectivity index (χ0) is 26.5. The molecule has 1 unspecified atom stereocenters. The van der Waals surface area contributed by atoms with Crippen molar-refractivity contribution >= 4 is 17.7 Å². The monoisotopic (exact) mass is 507 g/mol. The summed E-state index contributed by atoms with van der Waals surface area (Å²) in [7, 11) is 1.73. The number of nitrogens with zero attached hydrogens (tertiary/aromatic N) is 3. The number of benzene rings is 1. The maximum Gasteiger partial charge on any atom is 0.249 e. The Balaban J connectivity index is 1.63. The molecule has 0 aromatic heterocycles. The number of rotatable bonds is 6. The van der Waals surface area contributed by atoms with Crippen molar-refractivity contribution in [3.63, 3.8) is 0 Å². The van der Waals surface area contributed by atoms with Crippen LogP contribution in [0.15, 0.2) is 54.6 Å². The van der Waals surface area contributed by atoms with E-state index in [4.69, 9.17) is 4.74 Å². The fraction of sp³-hybridized carbons (Fsp3) is 0.552. The van der Waals surface area contributed by atoms with Crippen LogP contribution in [0.5, 0.6) is 0 Å². The van der Waals surface area contributed by atoms with Gasteiger partial charge in [0.2, 0.25) is 17.7 Å². The third-order valence-electron chi connectivity index (χ3n) is 8.34. The van der Waals surface area contributed by atoms with Crippen molar-refractivity contribution < 1.29 is 24.2 Å². The Kier molecular flexibility index (Phi) is 6.52. The van der Waals surface area contributed by atoms with E-state index in [1.807, 2.05) is 75.4 Å². The summed E-state index contributed by atoms with van der Waals surface area (Å²) < 4.78 is 6.80. The molecule has 37 heavy (non-hydrogen) atoms. The summed E-state index contributed by atoms with van der Waals surface area (Å²) in [4.78, 5) is 47.3. The summed E-state index contributed by atoms with van der Waals surface area (Å²) in [5, 5.41) is 10.4. The first-order valence-electron chi connectivity index (χ1n) is 13.2. The predicted octanol–water partition coefficient (Wildman–Crippen LogP) is 1.99. The molecule has 1 spiro atoms. The Labute approximate surface area is 218 Å². The first kappa shape index (κ1) is 25.7. The number of carbonyl (C=O) groups is 3. The Bertz CT molecular complexity index is 1130. The van der Waals surface area contributed by atoms with Gasteiger partial charge in [0.25, 0.3) is 0 Å². The van der Waals surface area contributed by atoms with E-state index >= 15 is 0 Å². The quantitative estimate of drug-likeness (QED) is 0.595. The van der Waals surface area contributed by atoms with E-state index in [0.29, 0.717) is 26.1 Å². The van der Waals surface area contributed by atoms with Gasteiger partial charge in [-0.3, -0.25) is 14.4 Å². The third kappa shape index (κ3) is 4.01. The minimum absolute atomic E-state index is 0.168. The van der Waals surface area contributed by atoms with E-state index in [9.17, 15) is 19.5 Å². The summed E-state index contributed by atoms with van der Waals surface area (Å²) in [5.41, 5.74) is -1.35. The second-order valence-electron chi connectivity index (χ2n) is 11.4. The standard InChI is InChI=1S/C29H37N3O5/c1-19(2)16-21(18-33)32-24-27(36)31(17-20-10-6-5-7-11-20)15-9-13-29(24)23(26(32)35)22-25(34)30(4)14-8-12-28(22,3)37-29/h5-13,19,21-24,33H,14-18H2,1-4H3/t21-,22-,23+,24?,28+,29+/m1/s1. The van der Waals surface area contributed by atoms with Crippen molar-refractivity contribution in [1.29, 1.82) is 0 Å². The number of aliphatic hydroxyl groups is 1. The van der Waals surface area contributed by atoms with Gasteiger partial charge in [0.1, 0.15) is 11.6 Å². The Hall–Kier alpha value is -2.97. The van der Waals surface area contributed by atoms with Crippen LogP contribution in [-0.2, 0) is 25.7 Å². The van der Waals surface area contributed by atoms with Gasteiger partial charge in [-0.05, 0) is 24.8 Å². The zero-order valence-electron chi connectivity index (χ0n) is 22.0. The van der Waals surface area contributed by atoms with Crippen LogP contribution in [0.1, 0.15) is 32.8 Å². The molecular weight excluding hydrogens is 470 g/mol. The highest BCUT2D eigenvalue weighted by atomic mass is 16.5. The maximum absolute atomic E-state index is 14.4. The predicted molar refractivity (Wildman–Crippen MR) is 138 cm³/mol. The minimum atomic E-state index is -1.30. The van der Waals surface area contributed by atoms with Crippen LogP contribution >= 0.6 is 0 Å². The molecular formula is C29H37N3O5. The van der Waals surface area contributed by atoms with E-state index in [1.54, 1.807) is 21.7 Å². The summed E-state index contributed by atoms with van der Waals surface area (Å²) in [6.07, 6.45) is 8.06. The van der Waals surface area contributed by atoms with E-state index in [0.717, 1.165) is 5.56 Å². The van der Waals surface area contributed by atoms with E-state index in [-0.39, 0.29) is 30.2 Å². The normalized spacial score (nSPS) is 33.9. The van der Waals surface area contributed by atoms with Crippen molar-refractivity contribution in [1.82, 2.24) is 14.7 Å². The molecule has 4 heterocycles. The molecule has 3 amide bonds. The van der Waals surface area contributed by atoms with Gasteiger partial charge < -0.3 is 24.5 Å². The second-order valence-corrected chi connectivity index (χ2v) is 11.4. The lowest BCUT2D eigenvalue weighted by molar-refractivity contribution is -0.156. The molecule has 0 radical (unpaired) electrons. The number of likely N-dealkylation sites (N-methyl/N-ethyl adjacent to an activating group) is 1. The van der Waals surface area contributed by atoms with Gasteiger partial charge in [-0.1, -0.05) is 68.5 Å². The molecule has 8 nitrogen and oxygen atoms in total. The summed E-state index contributed by atoms with van der Waals surface area (Å²) in [6, 6.07) is 8.21. The van der Waals surface area contributed by atoms with Gasteiger partial charge in [-0.2, -0.15) is 0 Å². The average molecular weight is 508 g/mol. The van der Waals surface area contributed by atoms with Crippen LogP contribution < -0.4 is 0 Å². The molecule has 2 saturated heterocycles. The number of fused-ring (bicyclic) bond motifs is 2. The highest BCUT2D eigenvalue weighted by Gasteiger charge is 2.75. The molecule has 0 saturated carbocycles.